The molecule has 0 aromatic heterocycles. The van der Waals surface area contributed by atoms with Crippen LogP contribution in [-0.2, 0) is 35.6 Å². The summed E-state index contributed by atoms with van der Waals surface area (Å²) < 4.78 is 12.8. The van der Waals surface area contributed by atoms with E-state index in [1.54, 1.807) is 0 Å². The highest BCUT2D eigenvalue weighted by Gasteiger charge is 2.42. The van der Waals surface area contributed by atoms with Crippen LogP contribution in [0.3, 0.4) is 0 Å². The van der Waals surface area contributed by atoms with Gasteiger partial charge < -0.3 is 25.0 Å². The van der Waals surface area contributed by atoms with Gasteiger partial charge in [0.2, 0.25) is 0 Å². The van der Waals surface area contributed by atoms with Crippen LogP contribution in [0, 0.1) is 0 Å². The molecule has 0 bridgehead atoms. The predicted octanol–water partition coefficient (Wildman–Crippen LogP) is 6.28. The molecule has 0 spiro atoms. The van der Waals surface area contributed by atoms with Crippen molar-refractivity contribution in [3.05, 3.63) is 144 Å². The number of hydrogen-bond acceptors (Lipinski definition) is 7. The van der Waals surface area contributed by atoms with Gasteiger partial charge in [0.1, 0.15) is 13.2 Å². The lowest BCUT2D eigenvalue weighted by atomic mass is 9.88. The molecule has 1 heterocycles. The first-order valence-corrected chi connectivity index (χ1v) is 17.2. The molecule has 1 fully saturated rings. The van der Waals surface area contributed by atoms with Gasteiger partial charge in [0.15, 0.2) is 11.5 Å². The van der Waals surface area contributed by atoms with Gasteiger partial charge in [-0.15, -0.1) is 0 Å². The Morgan fingerprint density at radius 2 is 1.14 bits per heavy atom. The summed E-state index contributed by atoms with van der Waals surface area (Å²) >= 11 is 0. The number of nitrogens with zero attached hydrogens (tertiary/aromatic N) is 2. The molecule has 264 valence electrons. The highest BCUT2D eigenvalue weighted by atomic mass is 16.5. The monoisotopic (exact) mass is 679 g/mol. The molecular weight excluding hydrogens is 630 g/mol. The maximum Gasteiger partial charge on any atom is 0.328 e. The standard InChI is InChI=1S/C37H45N3O2.C4H4O4/c1-3-39(4-2)37(40-24-22-38-23-25-40,27-31-14-8-5-9-15-31)28-34-20-21-35(41-29-32-16-10-6-11-17-32)36(26-34)42-30-33-18-12-7-13-19-33;5-3(6)1-2-4(7)8/h5-21,26,38H,3-4,22-25,27-30H2,1-2H3;1-2H,(H,5,6)(H,7,8)/b;2-1+. The number of carboxylic acids is 2. The lowest BCUT2D eigenvalue weighted by Crippen LogP contribution is -2.66. The summed E-state index contributed by atoms with van der Waals surface area (Å²) in [6.45, 7) is 11.6. The van der Waals surface area contributed by atoms with Crippen molar-refractivity contribution >= 4 is 11.9 Å². The van der Waals surface area contributed by atoms with E-state index in [0.29, 0.717) is 25.4 Å². The number of piperazine rings is 1. The Kier molecular flexibility index (Phi) is 15.1. The van der Waals surface area contributed by atoms with Crippen molar-refractivity contribution in [2.75, 3.05) is 39.3 Å². The molecule has 1 aliphatic rings. The second-order valence-electron chi connectivity index (χ2n) is 12.1. The number of ether oxygens (including phenoxy) is 2. The molecular formula is C41H49N3O6. The van der Waals surface area contributed by atoms with Crippen molar-refractivity contribution in [1.29, 1.82) is 0 Å². The zero-order valence-corrected chi connectivity index (χ0v) is 29.0. The minimum Gasteiger partial charge on any atom is -0.485 e. The fourth-order valence-electron chi connectivity index (χ4n) is 6.36. The minimum atomic E-state index is -1.26. The average Bonchev–Trinajstić information content (AvgIpc) is 3.15. The molecule has 1 aliphatic heterocycles. The number of carboxylic acid groups (broad SMARTS) is 2. The minimum absolute atomic E-state index is 0.157. The molecule has 1 atom stereocenters. The Hall–Kier alpha value is -4.96. The molecule has 1 saturated heterocycles. The number of rotatable bonds is 16. The molecule has 3 N–H and O–H groups in total. The first-order chi connectivity index (χ1) is 24.3. The summed E-state index contributed by atoms with van der Waals surface area (Å²) in [7, 11) is 0. The average molecular weight is 680 g/mol. The van der Waals surface area contributed by atoms with E-state index in [1.807, 2.05) is 24.3 Å². The van der Waals surface area contributed by atoms with Gasteiger partial charge in [0, 0.05) is 51.2 Å². The third-order valence-corrected chi connectivity index (χ3v) is 8.73. The van der Waals surface area contributed by atoms with E-state index in [-0.39, 0.29) is 5.66 Å². The Morgan fingerprint density at radius 1 is 0.680 bits per heavy atom. The van der Waals surface area contributed by atoms with Gasteiger partial charge in [0.25, 0.3) is 0 Å². The molecule has 0 aliphatic carbocycles. The third kappa shape index (κ3) is 11.6. The quantitative estimate of drug-likeness (QED) is 0.118. The van der Waals surface area contributed by atoms with Crippen molar-refractivity contribution < 1.29 is 29.3 Å². The number of benzene rings is 4. The second-order valence-corrected chi connectivity index (χ2v) is 12.1. The van der Waals surface area contributed by atoms with Gasteiger partial charge in [-0.3, -0.25) is 9.80 Å². The van der Waals surface area contributed by atoms with Crippen LogP contribution >= 0.6 is 0 Å². The summed E-state index contributed by atoms with van der Waals surface area (Å²) in [4.78, 5) is 24.5. The van der Waals surface area contributed by atoms with Crippen LogP contribution < -0.4 is 14.8 Å². The van der Waals surface area contributed by atoms with Crippen LogP contribution in [0.4, 0.5) is 0 Å². The van der Waals surface area contributed by atoms with Crippen molar-refractivity contribution in [2.45, 2.75) is 45.6 Å². The van der Waals surface area contributed by atoms with E-state index in [2.05, 4.69) is 114 Å². The first kappa shape index (κ1) is 37.9. The highest BCUT2D eigenvalue weighted by molar-refractivity contribution is 5.89. The van der Waals surface area contributed by atoms with Gasteiger partial charge >= 0.3 is 11.9 Å². The van der Waals surface area contributed by atoms with Crippen molar-refractivity contribution in [3.8, 4) is 11.5 Å². The third-order valence-electron chi connectivity index (χ3n) is 8.73. The lowest BCUT2D eigenvalue weighted by Gasteiger charge is -2.52. The van der Waals surface area contributed by atoms with E-state index < -0.39 is 11.9 Å². The highest BCUT2D eigenvalue weighted by Crippen LogP contribution is 2.35. The summed E-state index contributed by atoms with van der Waals surface area (Å²) in [5.41, 5.74) is 4.74. The summed E-state index contributed by atoms with van der Waals surface area (Å²) in [6, 6.07) is 38.2. The van der Waals surface area contributed by atoms with E-state index >= 15 is 0 Å². The summed E-state index contributed by atoms with van der Waals surface area (Å²) in [5, 5.41) is 19.2. The van der Waals surface area contributed by atoms with Crippen molar-refractivity contribution in [1.82, 2.24) is 15.1 Å². The maximum absolute atomic E-state index is 9.55. The van der Waals surface area contributed by atoms with Gasteiger partial charge in [-0.25, -0.2) is 9.59 Å². The van der Waals surface area contributed by atoms with Gasteiger partial charge in [-0.1, -0.05) is 111 Å². The van der Waals surface area contributed by atoms with Gasteiger partial charge in [0.05, 0.1) is 5.66 Å². The maximum atomic E-state index is 9.55. The van der Waals surface area contributed by atoms with Crippen molar-refractivity contribution in [3.63, 3.8) is 0 Å². The van der Waals surface area contributed by atoms with E-state index in [4.69, 9.17) is 19.7 Å². The van der Waals surface area contributed by atoms with Crippen LogP contribution in [0.5, 0.6) is 11.5 Å². The van der Waals surface area contributed by atoms with E-state index in [1.165, 1.54) is 11.1 Å². The van der Waals surface area contributed by atoms with Crippen LogP contribution in [0.25, 0.3) is 0 Å². The fourth-order valence-corrected chi connectivity index (χ4v) is 6.36. The Labute approximate surface area is 295 Å². The Morgan fingerprint density at radius 3 is 1.62 bits per heavy atom. The Bertz CT molecular complexity index is 1610. The van der Waals surface area contributed by atoms with Crippen LogP contribution in [0.2, 0.25) is 0 Å². The normalized spacial score (nSPS) is 14.4. The molecule has 4 aromatic carbocycles. The number of nitrogens with one attached hydrogen (secondary N) is 1. The largest absolute Gasteiger partial charge is 0.485 e. The van der Waals surface area contributed by atoms with E-state index in [9.17, 15) is 9.59 Å². The van der Waals surface area contributed by atoms with Crippen LogP contribution in [0.15, 0.2) is 121 Å². The van der Waals surface area contributed by atoms with E-state index in [0.717, 1.165) is 74.7 Å². The summed E-state index contributed by atoms with van der Waals surface area (Å²) in [6.07, 6.45) is 2.97. The molecule has 0 saturated carbocycles. The molecule has 9 heteroatoms. The molecule has 0 amide bonds. The SMILES string of the molecule is CCN(CC)C(Cc1ccccc1)(Cc1ccc(OCc2ccccc2)c(OCc2ccccc2)c1)N1CCNCC1.O=C(O)/C=C/C(=O)O. The van der Waals surface area contributed by atoms with Gasteiger partial charge in [-0.05, 0) is 47.5 Å². The zero-order chi connectivity index (χ0) is 35.6. The molecule has 0 radical (unpaired) electrons. The number of likely N-dealkylation sites (N-methyl/N-ethyl adjacent to an activating group) is 1. The second kappa shape index (κ2) is 19.9. The topological polar surface area (TPSA) is 112 Å². The molecule has 5 rings (SSSR count). The fraction of sp³-hybridized carbons (Fsp3) is 0.317. The van der Waals surface area contributed by atoms with Crippen LogP contribution in [0.1, 0.15) is 36.1 Å². The molecule has 4 aromatic rings. The van der Waals surface area contributed by atoms with Gasteiger partial charge in [-0.2, -0.15) is 0 Å². The number of carbonyl (C=O) groups is 2. The Balaban J connectivity index is 0.000000627. The lowest BCUT2D eigenvalue weighted by molar-refractivity contribution is -0.134. The summed E-state index contributed by atoms with van der Waals surface area (Å²) in [5.74, 6) is -0.947. The zero-order valence-electron chi connectivity index (χ0n) is 29.0. The first-order valence-electron chi connectivity index (χ1n) is 17.2. The smallest absolute Gasteiger partial charge is 0.328 e. The van der Waals surface area contributed by atoms with Crippen molar-refractivity contribution in [2.24, 2.45) is 0 Å². The predicted molar refractivity (Wildman–Crippen MR) is 196 cm³/mol. The number of hydrogen-bond donors (Lipinski definition) is 3. The molecule has 9 nitrogen and oxygen atoms in total. The molecule has 1 unspecified atom stereocenters. The van der Waals surface area contributed by atoms with Crippen LogP contribution in [-0.4, -0.2) is 76.9 Å². The molecule has 50 heavy (non-hydrogen) atoms. The number of aliphatic carboxylic acids is 2.